The Hall–Kier alpha value is -0.380. The van der Waals surface area contributed by atoms with Crippen molar-refractivity contribution in [2.75, 3.05) is 39.3 Å². The molecule has 1 aliphatic rings. The Bertz CT molecular complexity index is 186. The molecule has 0 aromatic carbocycles. The average Bonchev–Trinajstić information content (AvgIpc) is 2.29. The summed E-state index contributed by atoms with van der Waals surface area (Å²) in [6, 6.07) is 0.584. The van der Waals surface area contributed by atoms with Crippen molar-refractivity contribution in [1.29, 1.82) is 0 Å². The first-order chi connectivity index (χ1) is 7.74. The van der Waals surface area contributed by atoms with Crippen LogP contribution in [0.15, 0.2) is 12.7 Å². The van der Waals surface area contributed by atoms with Gasteiger partial charge in [-0.3, -0.25) is 4.90 Å². The van der Waals surface area contributed by atoms with E-state index >= 15 is 0 Å². The fraction of sp³-hybridized carbons (Fsp3) is 0.846. The summed E-state index contributed by atoms with van der Waals surface area (Å²) in [6.07, 6.45) is 3.09. The molecule has 16 heavy (non-hydrogen) atoms. The minimum atomic E-state index is 0.584. The zero-order valence-corrected chi connectivity index (χ0v) is 10.8. The largest absolute Gasteiger partial charge is 0.314 e. The van der Waals surface area contributed by atoms with E-state index in [1.165, 1.54) is 19.6 Å². The molecule has 0 bridgehead atoms. The SMILES string of the molecule is C=CC[C@@H](NCCN1CCNCC1)C(C)C. The van der Waals surface area contributed by atoms with Gasteiger partial charge in [-0.15, -0.1) is 6.58 Å². The van der Waals surface area contributed by atoms with Gasteiger partial charge < -0.3 is 10.6 Å². The fourth-order valence-electron chi connectivity index (χ4n) is 2.11. The molecule has 1 saturated heterocycles. The summed E-state index contributed by atoms with van der Waals surface area (Å²) in [5.74, 6) is 0.682. The van der Waals surface area contributed by atoms with Crippen molar-refractivity contribution in [1.82, 2.24) is 15.5 Å². The molecular formula is C13H27N3. The Labute approximate surface area is 100 Å². The Balaban J connectivity index is 2.13. The molecule has 0 radical (unpaired) electrons. The normalized spacial score (nSPS) is 19.9. The molecule has 2 N–H and O–H groups in total. The molecule has 3 nitrogen and oxygen atoms in total. The predicted octanol–water partition coefficient (Wildman–Crippen LogP) is 1.08. The summed E-state index contributed by atoms with van der Waals surface area (Å²) in [5, 5.41) is 7.01. The molecular weight excluding hydrogens is 198 g/mol. The maximum absolute atomic E-state index is 3.82. The third-order valence-electron chi connectivity index (χ3n) is 3.27. The molecule has 0 spiro atoms. The Morgan fingerprint density at radius 2 is 2.06 bits per heavy atom. The number of nitrogens with one attached hydrogen (secondary N) is 2. The van der Waals surface area contributed by atoms with Crippen LogP contribution in [0.5, 0.6) is 0 Å². The molecule has 3 heteroatoms. The zero-order chi connectivity index (χ0) is 11.8. The van der Waals surface area contributed by atoms with E-state index in [1.54, 1.807) is 0 Å². The van der Waals surface area contributed by atoms with Crippen molar-refractivity contribution in [2.24, 2.45) is 5.92 Å². The molecule has 0 amide bonds. The van der Waals surface area contributed by atoms with Gasteiger partial charge in [-0.2, -0.15) is 0 Å². The van der Waals surface area contributed by atoms with E-state index < -0.39 is 0 Å². The lowest BCUT2D eigenvalue weighted by molar-refractivity contribution is 0.234. The lowest BCUT2D eigenvalue weighted by atomic mass is 10.0. The van der Waals surface area contributed by atoms with Crippen LogP contribution < -0.4 is 10.6 Å². The second-order valence-corrected chi connectivity index (χ2v) is 4.92. The predicted molar refractivity (Wildman–Crippen MR) is 70.8 cm³/mol. The molecule has 0 saturated carbocycles. The van der Waals surface area contributed by atoms with Crippen molar-refractivity contribution < 1.29 is 0 Å². The fourth-order valence-corrected chi connectivity index (χ4v) is 2.11. The topological polar surface area (TPSA) is 27.3 Å². The first-order valence-corrected chi connectivity index (χ1v) is 6.51. The monoisotopic (exact) mass is 225 g/mol. The van der Waals surface area contributed by atoms with Crippen LogP contribution in [0.3, 0.4) is 0 Å². The van der Waals surface area contributed by atoms with Crippen molar-refractivity contribution in [3.63, 3.8) is 0 Å². The highest BCUT2D eigenvalue weighted by molar-refractivity contribution is 4.80. The second-order valence-electron chi connectivity index (χ2n) is 4.92. The number of hydrogen-bond acceptors (Lipinski definition) is 3. The first kappa shape index (κ1) is 13.7. The minimum Gasteiger partial charge on any atom is -0.314 e. The first-order valence-electron chi connectivity index (χ1n) is 6.51. The highest BCUT2D eigenvalue weighted by Gasteiger charge is 2.12. The maximum Gasteiger partial charge on any atom is 0.0125 e. The summed E-state index contributed by atoms with van der Waals surface area (Å²) < 4.78 is 0. The zero-order valence-electron chi connectivity index (χ0n) is 10.8. The van der Waals surface area contributed by atoms with Gasteiger partial charge in [0.15, 0.2) is 0 Å². The lowest BCUT2D eigenvalue weighted by Crippen LogP contribution is -2.47. The second kappa shape index (κ2) is 7.82. The molecule has 0 aliphatic carbocycles. The Morgan fingerprint density at radius 1 is 1.38 bits per heavy atom. The molecule has 1 aliphatic heterocycles. The van der Waals surface area contributed by atoms with Crippen molar-refractivity contribution in [2.45, 2.75) is 26.3 Å². The molecule has 94 valence electrons. The third kappa shape index (κ3) is 5.10. The molecule has 0 aromatic heterocycles. The van der Waals surface area contributed by atoms with E-state index in [4.69, 9.17) is 0 Å². The third-order valence-corrected chi connectivity index (χ3v) is 3.27. The molecule has 1 fully saturated rings. The molecule has 0 unspecified atom stereocenters. The quantitative estimate of drug-likeness (QED) is 0.635. The summed E-state index contributed by atoms with van der Waals surface area (Å²) in [5.41, 5.74) is 0. The van der Waals surface area contributed by atoms with Crippen LogP contribution in [0.1, 0.15) is 20.3 Å². The molecule has 1 atom stereocenters. The van der Waals surface area contributed by atoms with Crippen molar-refractivity contribution in [3.8, 4) is 0 Å². The van der Waals surface area contributed by atoms with Crippen molar-refractivity contribution >= 4 is 0 Å². The summed E-state index contributed by atoms with van der Waals surface area (Å²) >= 11 is 0. The number of piperazine rings is 1. The van der Waals surface area contributed by atoms with Crippen molar-refractivity contribution in [3.05, 3.63) is 12.7 Å². The van der Waals surface area contributed by atoms with Gasteiger partial charge in [-0.1, -0.05) is 19.9 Å². The Kier molecular flexibility index (Phi) is 6.69. The molecule has 1 heterocycles. The number of rotatable bonds is 7. The highest BCUT2D eigenvalue weighted by atomic mass is 15.2. The van der Waals surface area contributed by atoms with Gasteiger partial charge in [-0.05, 0) is 12.3 Å². The van der Waals surface area contributed by atoms with Gasteiger partial charge in [0.1, 0.15) is 0 Å². The van der Waals surface area contributed by atoms with Gasteiger partial charge in [-0.25, -0.2) is 0 Å². The number of nitrogens with zero attached hydrogens (tertiary/aromatic N) is 1. The van der Waals surface area contributed by atoms with Gasteiger partial charge in [0.2, 0.25) is 0 Å². The summed E-state index contributed by atoms with van der Waals surface area (Å²) in [7, 11) is 0. The van der Waals surface area contributed by atoms with Gasteiger partial charge in [0, 0.05) is 45.3 Å². The van der Waals surface area contributed by atoms with E-state index in [-0.39, 0.29) is 0 Å². The van der Waals surface area contributed by atoms with Crippen LogP contribution in [-0.2, 0) is 0 Å². The van der Waals surface area contributed by atoms with Gasteiger partial charge in [0.25, 0.3) is 0 Å². The summed E-state index contributed by atoms with van der Waals surface area (Å²) in [4.78, 5) is 2.52. The summed E-state index contributed by atoms with van der Waals surface area (Å²) in [6.45, 7) is 15.3. The molecule has 0 aromatic rings. The van der Waals surface area contributed by atoms with Crippen LogP contribution in [0.2, 0.25) is 0 Å². The van der Waals surface area contributed by atoms with Gasteiger partial charge >= 0.3 is 0 Å². The standard InChI is InChI=1S/C13H27N3/c1-4-5-13(12(2)3)15-8-11-16-9-6-14-7-10-16/h4,12-15H,1,5-11H2,2-3H3/t13-/m1/s1. The van der Waals surface area contributed by atoms with Crippen LogP contribution in [-0.4, -0.2) is 50.2 Å². The highest BCUT2D eigenvalue weighted by Crippen LogP contribution is 2.06. The molecule has 1 rings (SSSR count). The lowest BCUT2D eigenvalue weighted by Gasteiger charge is -2.28. The minimum absolute atomic E-state index is 0.584. The Morgan fingerprint density at radius 3 is 2.62 bits per heavy atom. The van der Waals surface area contributed by atoms with E-state index in [0.29, 0.717) is 12.0 Å². The van der Waals surface area contributed by atoms with E-state index in [2.05, 4.69) is 36.0 Å². The number of hydrogen-bond donors (Lipinski definition) is 2. The van der Waals surface area contributed by atoms with E-state index in [9.17, 15) is 0 Å². The van der Waals surface area contributed by atoms with Crippen LogP contribution in [0.25, 0.3) is 0 Å². The van der Waals surface area contributed by atoms with Crippen LogP contribution >= 0.6 is 0 Å². The van der Waals surface area contributed by atoms with E-state index in [1.807, 2.05) is 6.08 Å². The van der Waals surface area contributed by atoms with Gasteiger partial charge in [0.05, 0.1) is 0 Å². The maximum atomic E-state index is 3.82. The smallest absolute Gasteiger partial charge is 0.0125 e. The van der Waals surface area contributed by atoms with Crippen LogP contribution in [0, 0.1) is 5.92 Å². The van der Waals surface area contributed by atoms with Crippen LogP contribution in [0.4, 0.5) is 0 Å². The average molecular weight is 225 g/mol. The van der Waals surface area contributed by atoms with E-state index in [0.717, 1.165) is 26.1 Å².